The Kier molecular flexibility index (Phi) is 9.82. The molecule has 3 aliphatic rings. The van der Waals surface area contributed by atoms with Gasteiger partial charge in [0.2, 0.25) is 5.91 Å². The maximum Gasteiger partial charge on any atom is 0.279 e. The van der Waals surface area contributed by atoms with Crippen molar-refractivity contribution in [1.29, 1.82) is 0 Å². The highest BCUT2D eigenvalue weighted by Gasteiger charge is 2.67. The first-order chi connectivity index (χ1) is 27.4. The van der Waals surface area contributed by atoms with Crippen molar-refractivity contribution < 1.29 is 29.1 Å². The van der Waals surface area contributed by atoms with Crippen molar-refractivity contribution in [2.45, 2.75) is 69.1 Å². The van der Waals surface area contributed by atoms with Gasteiger partial charge in [0.15, 0.2) is 5.60 Å². The number of methoxy groups -OCH3 is 1. The lowest BCUT2D eigenvalue weighted by molar-refractivity contribution is -0.385. The third kappa shape index (κ3) is 6.32. The van der Waals surface area contributed by atoms with E-state index in [0.29, 0.717) is 41.0 Å². The summed E-state index contributed by atoms with van der Waals surface area (Å²) in [6, 6.07) is 26.6. The number of amides is 2. The minimum Gasteiger partial charge on any atom is -0.497 e. The second-order valence-corrected chi connectivity index (χ2v) is 20.6. The number of likely N-dealkylation sites (tertiary alicyclic amines) is 1. The summed E-state index contributed by atoms with van der Waals surface area (Å²) < 4.78 is 13.9. The van der Waals surface area contributed by atoms with E-state index in [1.165, 1.54) is 16.8 Å². The van der Waals surface area contributed by atoms with Crippen molar-refractivity contribution in [2.75, 3.05) is 25.2 Å². The molecule has 2 saturated heterocycles. The Bertz CT molecular complexity index is 2440. The highest BCUT2D eigenvalue weighted by Crippen LogP contribution is 2.60. The SMILES string of the molecule is COc1ccc([Si](C)(C)[C@@H]2[C@@H](CC(=O)N3CCC[C@H]3CO)O[C@]3(C(=O)N(Cc4ccc(-n5ncc6ccccc6c5=O)cc4)c4ccc([N+](=O)[O-])cc43)[C@H]2C)cc1. The van der Waals surface area contributed by atoms with Gasteiger partial charge in [0, 0.05) is 35.5 Å². The van der Waals surface area contributed by atoms with Crippen LogP contribution in [-0.2, 0) is 26.5 Å². The van der Waals surface area contributed by atoms with Crippen molar-refractivity contribution in [3.8, 4) is 11.4 Å². The molecule has 294 valence electrons. The average Bonchev–Trinajstić information content (AvgIpc) is 3.88. The first-order valence-electron chi connectivity index (χ1n) is 19.3. The number of non-ortho nitro benzene ring substituents is 1. The standard InChI is InChI=1S/C43H45N5O8Si/c1-27-40(57(3,4)34-18-16-33(55-2)17-19-34)38(23-39(50)45-21-7-9-32(45)26-49)56-43(27)36-22-31(48(53)54)15-20-37(36)46(42(43)52)25-28-11-13-30(14-12-28)47-41(51)35-10-6-5-8-29(35)24-44-47/h5-6,8,10-20,22,24,27,32,38,40,49H,7,9,21,23,25-26H2,1-4H3/t27-,32-,38+,40-,43+/m0/s1. The maximum absolute atomic E-state index is 15.3. The molecule has 8 rings (SSSR count). The Morgan fingerprint density at radius 3 is 2.49 bits per heavy atom. The first kappa shape index (κ1) is 38.2. The lowest BCUT2D eigenvalue weighted by Crippen LogP contribution is -2.52. The fraction of sp³-hybridized carbons (Fsp3) is 0.349. The van der Waals surface area contributed by atoms with Gasteiger partial charge in [-0.15, -0.1) is 0 Å². The van der Waals surface area contributed by atoms with Crippen LogP contribution < -0.4 is 20.4 Å². The Morgan fingerprint density at radius 2 is 1.79 bits per heavy atom. The highest BCUT2D eigenvalue weighted by molar-refractivity contribution is 6.91. The van der Waals surface area contributed by atoms with E-state index in [4.69, 9.17) is 9.47 Å². The molecule has 2 amide bonds. The Morgan fingerprint density at radius 1 is 1.05 bits per heavy atom. The van der Waals surface area contributed by atoms with E-state index in [0.717, 1.165) is 22.6 Å². The van der Waals surface area contributed by atoms with Crippen LogP contribution in [0.15, 0.2) is 102 Å². The van der Waals surface area contributed by atoms with Crippen LogP contribution in [0.4, 0.5) is 11.4 Å². The van der Waals surface area contributed by atoms with Gasteiger partial charge in [-0.1, -0.05) is 67.7 Å². The smallest absolute Gasteiger partial charge is 0.279 e. The summed E-state index contributed by atoms with van der Waals surface area (Å²) in [4.78, 5) is 57.7. The molecule has 1 aromatic heterocycles. The van der Waals surface area contributed by atoms with E-state index in [-0.39, 0.29) is 54.2 Å². The van der Waals surface area contributed by atoms with Gasteiger partial charge >= 0.3 is 0 Å². The number of hydrogen-bond donors (Lipinski definition) is 1. The van der Waals surface area contributed by atoms with Crippen LogP contribution in [0.25, 0.3) is 16.5 Å². The number of aliphatic hydroxyl groups is 1. The van der Waals surface area contributed by atoms with Crippen LogP contribution in [0.5, 0.6) is 5.75 Å². The Hall–Kier alpha value is -5.70. The molecule has 2 fully saturated rings. The number of nitrogens with zero attached hydrogens (tertiary/aromatic N) is 5. The largest absolute Gasteiger partial charge is 0.497 e. The minimum absolute atomic E-state index is 0.00101. The van der Waals surface area contributed by atoms with Crippen LogP contribution in [0.1, 0.15) is 37.3 Å². The van der Waals surface area contributed by atoms with Gasteiger partial charge in [0.05, 0.1) is 74.8 Å². The van der Waals surface area contributed by atoms with Gasteiger partial charge in [0.1, 0.15) is 5.75 Å². The summed E-state index contributed by atoms with van der Waals surface area (Å²) in [7, 11) is -1.00. The molecule has 3 aliphatic heterocycles. The number of carbonyl (C=O) groups is 2. The molecule has 14 heteroatoms. The summed E-state index contributed by atoms with van der Waals surface area (Å²) in [5.74, 6) is -0.274. The van der Waals surface area contributed by atoms with Crippen LogP contribution >= 0.6 is 0 Å². The number of nitro groups is 1. The van der Waals surface area contributed by atoms with Crippen LogP contribution in [0.3, 0.4) is 0 Å². The monoisotopic (exact) mass is 787 g/mol. The van der Waals surface area contributed by atoms with Gasteiger partial charge in [-0.2, -0.15) is 9.78 Å². The third-order valence-corrected chi connectivity index (χ3v) is 16.9. The second-order valence-electron chi connectivity index (χ2n) is 15.9. The molecule has 13 nitrogen and oxygen atoms in total. The predicted octanol–water partition coefficient (Wildman–Crippen LogP) is 5.44. The maximum atomic E-state index is 15.3. The van der Waals surface area contributed by atoms with Gasteiger partial charge in [-0.3, -0.25) is 24.5 Å². The van der Waals surface area contributed by atoms with E-state index >= 15 is 4.79 Å². The Labute approximate surface area is 330 Å². The third-order valence-electron chi connectivity index (χ3n) is 12.5. The molecule has 57 heavy (non-hydrogen) atoms. The van der Waals surface area contributed by atoms with Crippen molar-refractivity contribution in [3.63, 3.8) is 0 Å². The number of aliphatic hydroxyl groups excluding tert-OH is 1. The average molecular weight is 788 g/mol. The topological polar surface area (TPSA) is 157 Å². The number of aromatic nitrogens is 2. The van der Waals surface area contributed by atoms with E-state index in [9.17, 15) is 24.8 Å². The second kappa shape index (κ2) is 14.7. The van der Waals surface area contributed by atoms with Crippen molar-refractivity contribution in [3.05, 3.63) is 129 Å². The molecule has 5 atom stereocenters. The van der Waals surface area contributed by atoms with E-state index in [1.807, 2.05) is 61.5 Å². The zero-order valence-corrected chi connectivity index (χ0v) is 33.3. The molecular weight excluding hydrogens is 743 g/mol. The fourth-order valence-corrected chi connectivity index (χ4v) is 13.6. The molecule has 4 heterocycles. The molecule has 5 aromatic rings. The van der Waals surface area contributed by atoms with Gasteiger partial charge in [-0.05, 0) is 60.3 Å². The summed E-state index contributed by atoms with van der Waals surface area (Å²) in [5.41, 5.74) is -0.0684. The molecule has 0 bridgehead atoms. The minimum atomic E-state index is -2.62. The molecule has 1 N–H and O–H groups in total. The van der Waals surface area contributed by atoms with Gasteiger partial charge < -0.3 is 24.4 Å². The number of carbonyl (C=O) groups excluding carboxylic acids is 2. The molecule has 1 spiro atoms. The number of rotatable bonds is 10. The summed E-state index contributed by atoms with van der Waals surface area (Å²) in [6.45, 7) is 6.94. The number of nitro benzene ring substituents is 1. The molecule has 0 aliphatic carbocycles. The van der Waals surface area contributed by atoms with Gasteiger partial charge in [0.25, 0.3) is 17.2 Å². The lowest BCUT2D eigenvalue weighted by atomic mass is 9.82. The summed E-state index contributed by atoms with van der Waals surface area (Å²) >= 11 is 0. The quantitative estimate of drug-likeness (QED) is 0.111. The first-order valence-corrected chi connectivity index (χ1v) is 22.4. The molecule has 0 unspecified atom stereocenters. The van der Waals surface area contributed by atoms with Crippen molar-refractivity contribution in [1.82, 2.24) is 14.7 Å². The fourth-order valence-electron chi connectivity index (χ4n) is 9.62. The number of ether oxygens (including phenoxy) is 2. The van der Waals surface area contributed by atoms with E-state index in [1.54, 1.807) is 47.4 Å². The summed E-state index contributed by atoms with van der Waals surface area (Å²) in [6.07, 6.45) is 2.46. The molecule has 0 saturated carbocycles. The van der Waals surface area contributed by atoms with Crippen molar-refractivity contribution >= 4 is 47.2 Å². The number of benzene rings is 4. The van der Waals surface area contributed by atoms with Crippen molar-refractivity contribution in [2.24, 2.45) is 5.92 Å². The van der Waals surface area contributed by atoms with E-state index < -0.39 is 30.6 Å². The predicted molar refractivity (Wildman–Crippen MR) is 218 cm³/mol. The van der Waals surface area contributed by atoms with Crippen LogP contribution in [0, 0.1) is 16.0 Å². The highest BCUT2D eigenvalue weighted by atomic mass is 28.3. The molecule has 4 aromatic carbocycles. The number of fused-ring (bicyclic) bond motifs is 3. The van der Waals surface area contributed by atoms with E-state index in [2.05, 4.69) is 18.2 Å². The normalized spacial score (nSPS) is 23.1. The summed E-state index contributed by atoms with van der Waals surface area (Å²) in [5, 5.41) is 29.0. The lowest BCUT2D eigenvalue weighted by Gasteiger charge is -2.37. The zero-order chi connectivity index (χ0) is 40.2. The molecule has 0 radical (unpaired) electrons. The van der Waals surface area contributed by atoms with Crippen LogP contribution in [0.2, 0.25) is 18.6 Å². The zero-order valence-electron chi connectivity index (χ0n) is 32.3. The molecular formula is C43H45N5O8Si. The van der Waals surface area contributed by atoms with Gasteiger partial charge in [-0.25, -0.2) is 0 Å². The number of hydrogen-bond acceptors (Lipinski definition) is 9. The van der Waals surface area contributed by atoms with Crippen LogP contribution in [-0.4, -0.2) is 77.0 Å². The number of anilines is 1. The Balaban J connectivity index is 1.18.